The summed E-state index contributed by atoms with van der Waals surface area (Å²) >= 11 is 0. The quantitative estimate of drug-likeness (QED) is 0.112. The van der Waals surface area contributed by atoms with E-state index in [9.17, 15) is 24.9 Å². The van der Waals surface area contributed by atoms with Gasteiger partial charge in [0.1, 0.15) is 6.61 Å². The van der Waals surface area contributed by atoms with Crippen LogP contribution in [0.5, 0.6) is 0 Å². The molecule has 11 heteroatoms. The summed E-state index contributed by atoms with van der Waals surface area (Å²) in [6.45, 7) is 18.4. The molecule has 0 rings (SSSR count). The number of hydrogen-bond acceptors (Lipinski definition) is 10. The van der Waals surface area contributed by atoms with E-state index >= 15 is 0 Å². The summed E-state index contributed by atoms with van der Waals surface area (Å²) in [7, 11) is 0. The second-order valence-corrected chi connectivity index (χ2v) is 14.3. The van der Waals surface area contributed by atoms with E-state index in [0.29, 0.717) is 19.3 Å². The minimum atomic E-state index is -0.980. The van der Waals surface area contributed by atoms with Gasteiger partial charge in [-0.05, 0) is 71.1 Å². The third-order valence-corrected chi connectivity index (χ3v) is 5.86. The zero-order chi connectivity index (χ0) is 32.1. The molecule has 0 amide bonds. The maximum Gasteiger partial charge on any atom is 0.305 e. The zero-order valence-corrected chi connectivity index (χ0v) is 27.0. The summed E-state index contributed by atoms with van der Waals surface area (Å²) in [5, 5.41) is 38.5. The Balaban J connectivity index is 5.27. The molecule has 0 saturated heterocycles. The molecule has 0 bridgehead atoms. The molecule has 0 aliphatic carbocycles. The van der Waals surface area contributed by atoms with Crippen LogP contribution in [0.2, 0.25) is 0 Å². The van der Waals surface area contributed by atoms with Crippen LogP contribution >= 0.6 is 0 Å². The third kappa shape index (κ3) is 21.1. The Labute approximate surface area is 246 Å². The highest BCUT2D eigenvalue weighted by molar-refractivity contribution is 5.71. The van der Waals surface area contributed by atoms with Gasteiger partial charge >= 0.3 is 11.9 Å². The molecule has 0 radical (unpaired) electrons. The summed E-state index contributed by atoms with van der Waals surface area (Å²) in [6.07, 6.45) is -1.44. The second kappa shape index (κ2) is 17.7. The molecular formula is C30H58O11. The van der Waals surface area contributed by atoms with Crippen LogP contribution in [-0.2, 0) is 33.3 Å². The maximum absolute atomic E-state index is 12.1. The van der Waals surface area contributed by atoms with Crippen LogP contribution in [0.1, 0.15) is 108 Å². The van der Waals surface area contributed by atoms with E-state index in [1.807, 2.05) is 69.2 Å². The summed E-state index contributed by atoms with van der Waals surface area (Å²) in [4.78, 5) is 22.7. The highest BCUT2D eigenvalue weighted by Gasteiger charge is 2.36. The highest BCUT2D eigenvalue weighted by atomic mass is 16.7. The first-order valence-corrected chi connectivity index (χ1v) is 14.5. The Morgan fingerprint density at radius 1 is 0.707 bits per heavy atom. The average molecular weight is 595 g/mol. The average Bonchev–Trinajstić information content (AvgIpc) is 2.77. The molecule has 0 aromatic heterocycles. The highest BCUT2D eigenvalue weighted by Crippen LogP contribution is 2.36. The fraction of sp³-hybridized carbons (Fsp3) is 0.933. The maximum atomic E-state index is 12.1. The largest absolute Gasteiger partial charge is 0.481 e. The molecule has 0 aliphatic heterocycles. The number of carboxylic acid groups (broad SMARTS) is 1. The first-order chi connectivity index (χ1) is 18.6. The van der Waals surface area contributed by atoms with E-state index in [1.165, 1.54) is 0 Å². The predicted octanol–water partition coefficient (Wildman–Crippen LogP) is 4.04. The first-order valence-electron chi connectivity index (χ1n) is 14.5. The van der Waals surface area contributed by atoms with Crippen molar-refractivity contribution in [2.75, 3.05) is 26.4 Å². The summed E-state index contributed by atoms with van der Waals surface area (Å²) in [5.41, 5.74) is -1.83. The molecule has 0 fully saturated rings. The van der Waals surface area contributed by atoms with Gasteiger partial charge in [0.05, 0.1) is 43.2 Å². The molecule has 4 N–H and O–H groups in total. The van der Waals surface area contributed by atoms with E-state index < -0.39 is 53.3 Å². The molecule has 244 valence electrons. The molecule has 0 saturated carbocycles. The molecule has 11 nitrogen and oxygen atoms in total. The summed E-state index contributed by atoms with van der Waals surface area (Å²) in [6, 6.07) is 0. The van der Waals surface area contributed by atoms with Crippen LogP contribution in [0.3, 0.4) is 0 Å². The van der Waals surface area contributed by atoms with Crippen molar-refractivity contribution in [3.63, 3.8) is 0 Å². The van der Waals surface area contributed by atoms with E-state index in [0.717, 1.165) is 0 Å². The first kappa shape index (κ1) is 39.7. The van der Waals surface area contributed by atoms with Crippen molar-refractivity contribution in [1.82, 2.24) is 0 Å². The van der Waals surface area contributed by atoms with Gasteiger partial charge in [-0.3, -0.25) is 9.59 Å². The number of rotatable bonds is 21. The van der Waals surface area contributed by atoms with E-state index in [-0.39, 0.29) is 51.1 Å². The standard InChI is InChI=1S/C30H58O11/c1-27(2,3)14-21(16-31)38-25(18-33)41-30(9,10)20-29(7,8)15-22(17-32)39-26(40-28(4,5)6)19-37-24(36)13-11-12-23(34)35/h21-22,25-26,31-33H,11-20H2,1-10H3,(H,34,35). The summed E-state index contributed by atoms with van der Waals surface area (Å²) in [5.74, 6) is -1.53. The molecular weight excluding hydrogens is 536 g/mol. The minimum Gasteiger partial charge on any atom is -0.481 e. The van der Waals surface area contributed by atoms with Gasteiger partial charge in [-0.1, -0.05) is 34.6 Å². The second-order valence-electron chi connectivity index (χ2n) is 14.3. The van der Waals surface area contributed by atoms with Gasteiger partial charge in [0.15, 0.2) is 12.6 Å². The lowest BCUT2D eigenvalue weighted by atomic mass is 9.77. The number of carboxylic acids is 1. The Morgan fingerprint density at radius 2 is 1.24 bits per heavy atom. The van der Waals surface area contributed by atoms with Crippen LogP contribution in [0, 0.1) is 10.8 Å². The van der Waals surface area contributed by atoms with Gasteiger partial charge < -0.3 is 44.1 Å². The van der Waals surface area contributed by atoms with Gasteiger partial charge in [-0.2, -0.15) is 0 Å². The van der Waals surface area contributed by atoms with E-state index in [1.54, 1.807) is 0 Å². The van der Waals surface area contributed by atoms with Crippen molar-refractivity contribution >= 4 is 11.9 Å². The van der Waals surface area contributed by atoms with Crippen molar-refractivity contribution < 1.29 is 53.7 Å². The monoisotopic (exact) mass is 594 g/mol. The van der Waals surface area contributed by atoms with Crippen LogP contribution in [0.15, 0.2) is 0 Å². The van der Waals surface area contributed by atoms with E-state index in [2.05, 4.69) is 0 Å². The predicted molar refractivity (Wildman–Crippen MR) is 154 cm³/mol. The fourth-order valence-electron chi connectivity index (χ4n) is 4.88. The fourth-order valence-corrected chi connectivity index (χ4v) is 4.88. The van der Waals surface area contributed by atoms with Crippen LogP contribution in [0.25, 0.3) is 0 Å². The van der Waals surface area contributed by atoms with E-state index in [4.69, 9.17) is 28.8 Å². The Hall–Kier alpha value is -1.34. The SMILES string of the molecule is CC(C)(C)CC(CO)OC(CO)OC(C)(C)CC(C)(C)CC(CO)OC(COC(=O)CCCC(=O)O)OC(C)(C)C. The lowest BCUT2D eigenvalue weighted by Crippen LogP contribution is -2.42. The molecule has 4 unspecified atom stereocenters. The number of ether oxygens (including phenoxy) is 5. The normalized spacial score (nSPS) is 16.2. The Morgan fingerprint density at radius 3 is 1.71 bits per heavy atom. The molecule has 0 aromatic carbocycles. The van der Waals surface area contributed by atoms with Crippen molar-refractivity contribution in [2.45, 2.75) is 144 Å². The van der Waals surface area contributed by atoms with Gasteiger partial charge in [0.2, 0.25) is 0 Å². The molecule has 4 atom stereocenters. The summed E-state index contributed by atoms with van der Waals surface area (Å²) < 4.78 is 29.3. The molecule has 0 heterocycles. The van der Waals surface area contributed by atoms with Crippen LogP contribution < -0.4 is 0 Å². The van der Waals surface area contributed by atoms with Crippen molar-refractivity contribution in [3.8, 4) is 0 Å². The molecule has 0 spiro atoms. The van der Waals surface area contributed by atoms with Gasteiger partial charge in [0, 0.05) is 12.8 Å². The third-order valence-electron chi connectivity index (χ3n) is 5.86. The van der Waals surface area contributed by atoms with Crippen molar-refractivity contribution in [1.29, 1.82) is 0 Å². The van der Waals surface area contributed by atoms with Gasteiger partial charge in [-0.25, -0.2) is 0 Å². The van der Waals surface area contributed by atoms with Crippen LogP contribution in [-0.4, -0.2) is 94.8 Å². The molecule has 0 aromatic rings. The smallest absolute Gasteiger partial charge is 0.305 e. The van der Waals surface area contributed by atoms with Crippen LogP contribution in [0.4, 0.5) is 0 Å². The van der Waals surface area contributed by atoms with Gasteiger partial charge in [0.25, 0.3) is 0 Å². The van der Waals surface area contributed by atoms with Gasteiger partial charge in [-0.15, -0.1) is 0 Å². The Bertz CT molecular complexity index is 753. The zero-order valence-electron chi connectivity index (χ0n) is 27.0. The number of aliphatic hydroxyl groups is 3. The number of carbonyl (C=O) groups excluding carboxylic acids is 1. The Kier molecular flexibility index (Phi) is 17.1. The number of aliphatic hydroxyl groups excluding tert-OH is 3. The lowest BCUT2D eigenvalue weighted by molar-refractivity contribution is -0.252. The topological polar surface area (TPSA) is 161 Å². The number of aliphatic carboxylic acids is 1. The minimum absolute atomic E-state index is 0.0338. The molecule has 41 heavy (non-hydrogen) atoms. The number of esters is 1. The number of hydrogen-bond donors (Lipinski definition) is 4. The van der Waals surface area contributed by atoms with Crippen molar-refractivity contribution in [2.24, 2.45) is 10.8 Å². The number of carbonyl (C=O) groups is 2. The molecule has 0 aliphatic rings. The van der Waals surface area contributed by atoms with Crippen molar-refractivity contribution in [3.05, 3.63) is 0 Å². The lowest BCUT2D eigenvalue weighted by Gasteiger charge is -2.39.